The molecule has 160 valence electrons. The Kier molecular flexibility index (Phi) is 4.82. The Bertz CT molecular complexity index is 1110. The van der Waals surface area contributed by atoms with Gasteiger partial charge >= 0.3 is 6.18 Å². The molecular formula is C20H17F3N6S2. The van der Waals surface area contributed by atoms with Crippen LogP contribution in [0.1, 0.15) is 36.0 Å². The van der Waals surface area contributed by atoms with Gasteiger partial charge in [0, 0.05) is 24.4 Å². The number of hydrogen-bond acceptors (Lipinski definition) is 8. The number of benzene rings is 1. The van der Waals surface area contributed by atoms with Gasteiger partial charge in [-0.3, -0.25) is 5.01 Å². The van der Waals surface area contributed by atoms with Gasteiger partial charge in [0.2, 0.25) is 0 Å². The van der Waals surface area contributed by atoms with Crippen LogP contribution in [-0.4, -0.2) is 27.2 Å². The van der Waals surface area contributed by atoms with E-state index in [0.717, 1.165) is 34.6 Å². The first-order valence-corrected chi connectivity index (χ1v) is 11.4. The quantitative estimate of drug-likeness (QED) is 0.679. The molecule has 0 atom stereocenters. The zero-order valence-corrected chi connectivity index (χ0v) is 18.0. The van der Waals surface area contributed by atoms with Crippen LogP contribution in [0, 0.1) is 17.2 Å². The van der Waals surface area contributed by atoms with E-state index in [-0.39, 0.29) is 11.1 Å². The first kappa shape index (κ1) is 20.5. The van der Waals surface area contributed by atoms with Gasteiger partial charge in [0.15, 0.2) is 15.2 Å². The predicted molar refractivity (Wildman–Crippen MR) is 115 cm³/mol. The normalized spacial score (nSPS) is 23.8. The summed E-state index contributed by atoms with van der Waals surface area (Å²) in [5.74, 6) is 1.94. The third kappa shape index (κ3) is 3.83. The Hall–Kier alpha value is -2.45. The lowest BCUT2D eigenvalue weighted by atomic mass is 9.50. The van der Waals surface area contributed by atoms with Crippen LogP contribution in [0.25, 0.3) is 0 Å². The van der Waals surface area contributed by atoms with Gasteiger partial charge < -0.3 is 5.32 Å². The largest absolute Gasteiger partial charge is 0.416 e. The highest BCUT2D eigenvalue weighted by atomic mass is 32.2. The average Bonchev–Trinajstić information content (AvgIpc) is 2.67. The first-order valence-electron chi connectivity index (χ1n) is 9.64. The molecule has 3 aliphatic carbocycles. The fourth-order valence-electron chi connectivity index (χ4n) is 4.10. The summed E-state index contributed by atoms with van der Waals surface area (Å²) in [7, 11) is 1.82. The van der Waals surface area contributed by atoms with E-state index in [2.05, 4.69) is 20.6 Å². The minimum absolute atomic E-state index is 0.0154. The van der Waals surface area contributed by atoms with E-state index in [1.165, 1.54) is 48.9 Å². The Balaban J connectivity index is 1.27. The predicted octanol–water partition coefficient (Wildman–Crippen LogP) is 5.08. The third-order valence-corrected chi connectivity index (χ3v) is 7.97. The van der Waals surface area contributed by atoms with E-state index in [0.29, 0.717) is 15.7 Å². The number of fused-ring (bicyclic) bond motifs is 1. The summed E-state index contributed by atoms with van der Waals surface area (Å²) in [5, 5.41) is 28.4. The summed E-state index contributed by atoms with van der Waals surface area (Å²) < 4.78 is 39.3. The van der Waals surface area contributed by atoms with Crippen molar-refractivity contribution < 1.29 is 13.2 Å². The monoisotopic (exact) mass is 462 g/mol. The molecule has 0 unspecified atom stereocenters. The number of nitrogens with zero attached hydrogens (tertiary/aromatic N) is 5. The number of thioether (sulfide) groups is 2. The van der Waals surface area contributed by atoms with Crippen molar-refractivity contribution in [2.75, 3.05) is 17.4 Å². The summed E-state index contributed by atoms with van der Waals surface area (Å²) in [4.78, 5) is 0. The summed E-state index contributed by atoms with van der Waals surface area (Å²) in [5.41, 5.74) is 0.779. The second-order valence-corrected chi connectivity index (χ2v) is 10.3. The number of alkyl halides is 3. The number of nitriles is 1. The Morgan fingerprint density at radius 3 is 2.71 bits per heavy atom. The second-order valence-electron chi connectivity index (χ2n) is 8.07. The van der Waals surface area contributed by atoms with E-state index in [9.17, 15) is 18.4 Å². The standard InChI is InChI=1S/C20H17F3N6S2/c1-29-15-5-16(25-19-6-11(7-19)8-19)26-27-17(15)31-18(28-29)30-10-12-2-3-14(20(21,22)23)4-13(12)9-24/h2-5,11H,6-8,10H2,1H3,(H,25,26). The minimum Gasteiger partial charge on any atom is -0.363 e. The molecule has 31 heavy (non-hydrogen) atoms. The van der Waals surface area contributed by atoms with Gasteiger partial charge in [0.05, 0.1) is 22.9 Å². The van der Waals surface area contributed by atoms with Crippen molar-refractivity contribution in [2.24, 2.45) is 11.0 Å². The summed E-state index contributed by atoms with van der Waals surface area (Å²) in [6, 6.07) is 7.04. The van der Waals surface area contributed by atoms with Crippen LogP contribution in [0.3, 0.4) is 0 Å². The van der Waals surface area contributed by atoms with Crippen molar-refractivity contribution in [3.63, 3.8) is 0 Å². The molecule has 2 bridgehead atoms. The lowest BCUT2D eigenvalue weighted by Crippen LogP contribution is -2.63. The number of nitrogens with one attached hydrogen (secondary N) is 1. The molecule has 2 heterocycles. The smallest absolute Gasteiger partial charge is 0.363 e. The number of rotatable bonds is 4. The van der Waals surface area contributed by atoms with Gasteiger partial charge in [0.25, 0.3) is 0 Å². The maximum atomic E-state index is 12.9. The van der Waals surface area contributed by atoms with Crippen LogP contribution in [0.2, 0.25) is 0 Å². The molecule has 3 fully saturated rings. The van der Waals surface area contributed by atoms with Crippen LogP contribution in [0.5, 0.6) is 0 Å². The van der Waals surface area contributed by atoms with Crippen molar-refractivity contribution in [2.45, 2.75) is 41.8 Å². The zero-order valence-electron chi connectivity index (χ0n) is 16.4. The van der Waals surface area contributed by atoms with Gasteiger partial charge in [-0.1, -0.05) is 17.8 Å². The molecule has 2 aromatic rings. The van der Waals surface area contributed by atoms with Crippen molar-refractivity contribution >= 4 is 39.4 Å². The maximum absolute atomic E-state index is 12.9. The summed E-state index contributed by atoms with van der Waals surface area (Å²) in [6.45, 7) is 0. The number of aromatic nitrogens is 2. The minimum atomic E-state index is -4.47. The maximum Gasteiger partial charge on any atom is 0.416 e. The number of hydrazone groups is 1. The Morgan fingerprint density at radius 2 is 2.06 bits per heavy atom. The molecule has 6 rings (SSSR count). The Labute approximate surface area is 185 Å². The molecule has 0 spiro atoms. The molecule has 1 aliphatic heterocycles. The Morgan fingerprint density at radius 1 is 1.29 bits per heavy atom. The topological polar surface area (TPSA) is 77.2 Å². The molecule has 1 aromatic heterocycles. The van der Waals surface area contributed by atoms with Crippen molar-refractivity contribution in [3.8, 4) is 6.07 Å². The van der Waals surface area contributed by atoms with Gasteiger partial charge in [0.1, 0.15) is 0 Å². The highest BCUT2D eigenvalue weighted by Gasteiger charge is 2.56. The fourth-order valence-corrected chi connectivity index (χ4v) is 6.17. The zero-order chi connectivity index (χ0) is 21.8. The number of anilines is 2. The molecule has 11 heteroatoms. The lowest BCUT2D eigenvalue weighted by Gasteiger charge is -2.62. The molecule has 0 radical (unpaired) electrons. The summed E-state index contributed by atoms with van der Waals surface area (Å²) >= 11 is 2.71. The van der Waals surface area contributed by atoms with Crippen molar-refractivity contribution in [1.82, 2.24) is 10.2 Å². The highest BCUT2D eigenvalue weighted by Crippen LogP contribution is 2.58. The molecule has 0 saturated heterocycles. The lowest BCUT2D eigenvalue weighted by molar-refractivity contribution is -0.137. The summed E-state index contributed by atoms with van der Waals surface area (Å²) in [6.07, 6.45) is -0.879. The average molecular weight is 463 g/mol. The highest BCUT2D eigenvalue weighted by molar-refractivity contribution is 8.38. The van der Waals surface area contributed by atoms with Gasteiger partial charge in [-0.15, -0.1) is 10.2 Å². The van der Waals surface area contributed by atoms with Gasteiger partial charge in [-0.25, -0.2) is 0 Å². The number of hydrogen-bond donors (Lipinski definition) is 1. The molecule has 0 amide bonds. The van der Waals surface area contributed by atoms with Crippen LogP contribution < -0.4 is 10.3 Å². The van der Waals surface area contributed by atoms with Crippen LogP contribution >= 0.6 is 23.5 Å². The van der Waals surface area contributed by atoms with E-state index in [1.807, 2.05) is 19.2 Å². The van der Waals surface area contributed by atoms with Crippen LogP contribution in [0.15, 0.2) is 34.4 Å². The van der Waals surface area contributed by atoms with E-state index < -0.39 is 11.7 Å². The third-order valence-electron chi connectivity index (χ3n) is 5.85. The van der Waals surface area contributed by atoms with Gasteiger partial charge in [-0.05, 0) is 54.6 Å². The molecule has 1 aromatic carbocycles. The molecule has 3 saturated carbocycles. The van der Waals surface area contributed by atoms with Crippen LogP contribution in [-0.2, 0) is 11.9 Å². The molecule has 4 aliphatic rings. The van der Waals surface area contributed by atoms with E-state index in [4.69, 9.17) is 0 Å². The molecule has 6 nitrogen and oxygen atoms in total. The molecule has 1 N–H and O–H groups in total. The van der Waals surface area contributed by atoms with Crippen molar-refractivity contribution in [3.05, 3.63) is 41.0 Å². The van der Waals surface area contributed by atoms with Crippen LogP contribution in [0.4, 0.5) is 24.7 Å². The van der Waals surface area contributed by atoms with E-state index >= 15 is 0 Å². The number of halogens is 3. The second kappa shape index (κ2) is 7.31. The van der Waals surface area contributed by atoms with Gasteiger partial charge in [-0.2, -0.15) is 23.5 Å². The van der Waals surface area contributed by atoms with Crippen molar-refractivity contribution in [1.29, 1.82) is 5.26 Å². The first-order chi connectivity index (χ1) is 14.7. The molecular weight excluding hydrogens is 445 g/mol. The van der Waals surface area contributed by atoms with E-state index in [1.54, 1.807) is 5.01 Å². The fraction of sp³-hybridized carbons (Fsp3) is 0.400. The SMILES string of the molecule is CN1N=C(SCc2ccc(C(F)(F)F)cc2C#N)Sc2nnc(NC34CC(C3)C4)cc21.